The largest absolute Gasteiger partial charge is 0.364 e. The van der Waals surface area contributed by atoms with Crippen molar-refractivity contribution in [2.24, 2.45) is 0 Å². The lowest BCUT2D eigenvalue weighted by molar-refractivity contribution is -0.119. The summed E-state index contributed by atoms with van der Waals surface area (Å²) in [5.41, 5.74) is 0. The van der Waals surface area contributed by atoms with Gasteiger partial charge in [-0.25, -0.2) is 9.97 Å². The number of amides is 1. The van der Waals surface area contributed by atoms with Crippen molar-refractivity contribution in [3.05, 3.63) is 17.3 Å². The number of fused-ring (bicyclic) bond motifs is 1. The van der Waals surface area contributed by atoms with Crippen LogP contribution < -0.4 is 10.6 Å². The number of carbonyl (C=O) groups is 1. The van der Waals surface area contributed by atoms with E-state index in [9.17, 15) is 4.79 Å². The molecule has 0 aliphatic carbocycles. The van der Waals surface area contributed by atoms with Gasteiger partial charge in [-0.2, -0.15) is 0 Å². The summed E-state index contributed by atoms with van der Waals surface area (Å²) in [6.07, 6.45) is 1.32. The molecule has 2 N–H and O–H groups in total. The molecule has 1 atom stereocenters. The van der Waals surface area contributed by atoms with Crippen molar-refractivity contribution in [2.45, 2.75) is 25.8 Å². The normalized spacial score (nSPS) is 19.2. The van der Waals surface area contributed by atoms with Gasteiger partial charge < -0.3 is 10.6 Å². The molecule has 1 unspecified atom stereocenters. The SMILES string of the molecule is CCc1nc(NC2CNC(=O)C2)c2ccsc2n1. The van der Waals surface area contributed by atoms with E-state index in [2.05, 4.69) is 20.6 Å². The van der Waals surface area contributed by atoms with Gasteiger partial charge in [0.05, 0.1) is 11.4 Å². The van der Waals surface area contributed by atoms with E-state index in [0.717, 1.165) is 28.3 Å². The monoisotopic (exact) mass is 262 g/mol. The number of hydrogen-bond acceptors (Lipinski definition) is 5. The van der Waals surface area contributed by atoms with Gasteiger partial charge in [-0.1, -0.05) is 6.92 Å². The van der Waals surface area contributed by atoms with Gasteiger partial charge in [0.25, 0.3) is 0 Å². The summed E-state index contributed by atoms with van der Waals surface area (Å²) in [5, 5.41) is 9.22. The van der Waals surface area contributed by atoms with Crippen LogP contribution in [0.15, 0.2) is 11.4 Å². The van der Waals surface area contributed by atoms with Crippen molar-refractivity contribution in [1.29, 1.82) is 0 Å². The molecule has 2 aromatic rings. The fourth-order valence-electron chi connectivity index (χ4n) is 2.07. The first kappa shape index (κ1) is 11.4. The highest BCUT2D eigenvalue weighted by Crippen LogP contribution is 2.26. The van der Waals surface area contributed by atoms with Gasteiger partial charge in [0, 0.05) is 19.4 Å². The van der Waals surface area contributed by atoms with Crippen LogP contribution in [0, 0.1) is 0 Å². The minimum atomic E-state index is 0.0961. The van der Waals surface area contributed by atoms with Crippen molar-refractivity contribution in [3.8, 4) is 0 Å². The zero-order chi connectivity index (χ0) is 12.5. The van der Waals surface area contributed by atoms with E-state index in [1.807, 2.05) is 18.4 Å². The van der Waals surface area contributed by atoms with E-state index >= 15 is 0 Å². The maximum Gasteiger partial charge on any atom is 0.222 e. The van der Waals surface area contributed by atoms with Crippen LogP contribution in [-0.4, -0.2) is 28.5 Å². The Bertz CT molecular complexity index is 595. The van der Waals surface area contributed by atoms with Crippen LogP contribution in [-0.2, 0) is 11.2 Å². The van der Waals surface area contributed by atoms with Gasteiger partial charge in [-0.3, -0.25) is 4.79 Å². The molecule has 1 amide bonds. The van der Waals surface area contributed by atoms with E-state index in [1.54, 1.807) is 11.3 Å². The standard InChI is InChI=1S/C12H14N4OS/c1-2-9-15-11(8-3-4-18-12(8)16-9)14-7-5-10(17)13-6-7/h3-4,7H,2,5-6H2,1H3,(H,13,17)(H,14,15,16). The summed E-state index contributed by atoms with van der Waals surface area (Å²) in [6.45, 7) is 2.70. The van der Waals surface area contributed by atoms with Gasteiger partial charge in [-0.15, -0.1) is 11.3 Å². The minimum absolute atomic E-state index is 0.0961. The molecule has 0 aromatic carbocycles. The Labute approximate surface area is 109 Å². The third-order valence-electron chi connectivity index (χ3n) is 3.01. The average Bonchev–Trinajstić information content (AvgIpc) is 2.98. The third kappa shape index (κ3) is 2.03. The number of aromatic nitrogens is 2. The van der Waals surface area contributed by atoms with Gasteiger partial charge in [0.2, 0.25) is 5.91 Å². The first-order chi connectivity index (χ1) is 8.76. The Kier molecular flexibility index (Phi) is 2.87. The van der Waals surface area contributed by atoms with E-state index in [1.165, 1.54) is 0 Å². The number of carbonyl (C=O) groups excluding carboxylic acids is 1. The second-order valence-corrected chi connectivity index (χ2v) is 5.23. The van der Waals surface area contributed by atoms with Crippen LogP contribution in [0.25, 0.3) is 10.2 Å². The first-order valence-corrected chi connectivity index (χ1v) is 6.91. The van der Waals surface area contributed by atoms with Crippen LogP contribution >= 0.6 is 11.3 Å². The minimum Gasteiger partial charge on any atom is -0.364 e. The number of rotatable bonds is 3. The predicted octanol–water partition coefficient (Wildman–Crippen LogP) is 1.55. The highest BCUT2D eigenvalue weighted by atomic mass is 32.1. The Hall–Kier alpha value is -1.69. The van der Waals surface area contributed by atoms with E-state index in [0.29, 0.717) is 13.0 Å². The quantitative estimate of drug-likeness (QED) is 0.881. The van der Waals surface area contributed by atoms with Crippen LogP contribution in [0.2, 0.25) is 0 Å². The zero-order valence-electron chi connectivity index (χ0n) is 10.1. The smallest absolute Gasteiger partial charge is 0.222 e. The Balaban J connectivity index is 1.94. The molecule has 0 radical (unpaired) electrons. The lowest BCUT2D eigenvalue weighted by Crippen LogP contribution is -2.23. The van der Waals surface area contributed by atoms with Crippen LogP contribution in [0.3, 0.4) is 0 Å². The molecular formula is C12H14N4OS. The molecule has 1 aliphatic rings. The maximum atomic E-state index is 11.2. The molecule has 0 saturated carbocycles. The zero-order valence-corrected chi connectivity index (χ0v) is 10.9. The maximum absolute atomic E-state index is 11.2. The summed E-state index contributed by atoms with van der Waals surface area (Å²) < 4.78 is 0. The fraction of sp³-hybridized carbons (Fsp3) is 0.417. The molecule has 1 aliphatic heterocycles. The number of aryl methyl sites for hydroxylation is 1. The second-order valence-electron chi connectivity index (χ2n) is 4.33. The lowest BCUT2D eigenvalue weighted by Gasteiger charge is -2.12. The molecule has 18 heavy (non-hydrogen) atoms. The second kappa shape index (κ2) is 4.53. The Morgan fingerprint density at radius 3 is 3.17 bits per heavy atom. The van der Waals surface area contributed by atoms with Crippen LogP contribution in [0.1, 0.15) is 19.2 Å². The fourth-order valence-corrected chi connectivity index (χ4v) is 2.85. The predicted molar refractivity (Wildman–Crippen MR) is 71.8 cm³/mol. The number of nitrogens with zero attached hydrogens (tertiary/aromatic N) is 2. The van der Waals surface area contributed by atoms with Gasteiger partial charge in [-0.05, 0) is 11.4 Å². The molecule has 3 heterocycles. The Morgan fingerprint density at radius 1 is 1.56 bits per heavy atom. The average molecular weight is 262 g/mol. The summed E-state index contributed by atoms with van der Waals surface area (Å²) in [4.78, 5) is 21.2. The molecule has 5 nitrogen and oxygen atoms in total. The summed E-state index contributed by atoms with van der Waals surface area (Å²) in [6, 6.07) is 2.15. The van der Waals surface area contributed by atoms with Gasteiger partial charge >= 0.3 is 0 Å². The van der Waals surface area contributed by atoms with Crippen molar-refractivity contribution in [1.82, 2.24) is 15.3 Å². The molecule has 1 fully saturated rings. The van der Waals surface area contributed by atoms with Crippen LogP contribution in [0.4, 0.5) is 5.82 Å². The first-order valence-electron chi connectivity index (χ1n) is 6.03. The van der Waals surface area contributed by atoms with Crippen molar-refractivity contribution < 1.29 is 4.79 Å². The summed E-state index contributed by atoms with van der Waals surface area (Å²) in [7, 11) is 0. The molecule has 0 bridgehead atoms. The number of thiophene rings is 1. The van der Waals surface area contributed by atoms with Gasteiger partial charge in [0.15, 0.2) is 0 Å². The summed E-state index contributed by atoms with van der Waals surface area (Å²) in [5.74, 6) is 1.78. The number of anilines is 1. The molecule has 94 valence electrons. The molecule has 0 spiro atoms. The molecule has 2 aromatic heterocycles. The van der Waals surface area contributed by atoms with E-state index < -0.39 is 0 Å². The topological polar surface area (TPSA) is 66.9 Å². The highest BCUT2D eigenvalue weighted by molar-refractivity contribution is 7.16. The molecule has 6 heteroatoms. The van der Waals surface area contributed by atoms with Crippen molar-refractivity contribution in [3.63, 3.8) is 0 Å². The summed E-state index contributed by atoms with van der Waals surface area (Å²) >= 11 is 1.62. The van der Waals surface area contributed by atoms with E-state index in [-0.39, 0.29) is 11.9 Å². The van der Waals surface area contributed by atoms with E-state index in [4.69, 9.17) is 0 Å². The van der Waals surface area contributed by atoms with Gasteiger partial charge in [0.1, 0.15) is 16.5 Å². The molecular weight excluding hydrogens is 248 g/mol. The molecule has 1 saturated heterocycles. The molecule has 3 rings (SSSR count). The van der Waals surface area contributed by atoms with Crippen molar-refractivity contribution >= 4 is 33.3 Å². The van der Waals surface area contributed by atoms with Crippen molar-refractivity contribution in [2.75, 3.05) is 11.9 Å². The Morgan fingerprint density at radius 2 is 2.44 bits per heavy atom. The van der Waals surface area contributed by atoms with Crippen LogP contribution in [0.5, 0.6) is 0 Å². The number of nitrogens with one attached hydrogen (secondary N) is 2. The lowest BCUT2D eigenvalue weighted by atomic mass is 10.2. The third-order valence-corrected chi connectivity index (χ3v) is 3.81. The highest BCUT2D eigenvalue weighted by Gasteiger charge is 2.22. The number of hydrogen-bond donors (Lipinski definition) is 2.